The van der Waals surface area contributed by atoms with Gasteiger partial charge in [-0.1, -0.05) is 39.6 Å². The minimum Gasteiger partial charge on any atom is -0.399 e. The number of benzene rings is 1. The van der Waals surface area contributed by atoms with Gasteiger partial charge < -0.3 is 9.68 Å². The molecule has 0 saturated carbocycles. The van der Waals surface area contributed by atoms with E-state index < -0.39 is 0 Å². The highest BCUT2D eigenvalue weighted by Crippen LogP contribution is 2.23. The molecule has 0 radical (unpaired) electrons. The summed E-state index contributed by atoms with van der Waals surface area (Å²) < 4.78 is 0. The van der Waals surface area contributed by atoms with Gasteiger partial charge in [0.1, 0.15) is 14.2 Å². The number of nitrogens with zero attached hydrogens (tertiary/aromatic N) is 2. The van der Waals surface area contributed by atoms with Gasteiger partial charge in [0.2, 0.25) is 0 Å². The maximum Gasteiger partial charge on any atom is 0.106 e. The van der Waals surface area contributed by atoms with Crippen molar-refractivity contribution in [3.05, 3.63) is 33.8 Å². The van der Waals surface area contributed by atoms with Gasteiger partial charge in [0.15, 0.2) is 0 Å². The van der Waals surface area contributed by atoms with Gasteiger partial charge >= 0.3 is 0 Å². The average Bonchev–Trinajstić information content (AvgIpc) is 2.38. The second kappa shape index (κ2) is 8.02. The molecule has 0 aliphatic carbocycles. The maximum atomic E-state index is 6.00. The van der Waals surface area contributed by atoms with Gasteiger partial charge in [-0.3, -0.25) is 0 Å². The summed E-state index contributed by atoms with van der Waals surface area (Å²) in [6.07, 6.45) is 1.39. The quantitative estimate of drug-likeness (QED) is 0.585. The summed E-state index contributed by atoms with van der Waals surface area (Å²) in [6.45, 7) is 1.89. The standard InChI is InChI=1S/C13H16Cl2N2O2/c1-9(16-18-2)4-7-13(17-19-3)10-5-6-11(14)12(15)8-10/h5-6,8H,4,7H2,1-3H3. The Bertz CT molecular complexity index is 488. The Morgan fingerprint density at radius 3 is 2.32 bits per heavy atom. The van der Waals surface area contributed by atoms with E-state index in [1.54, 1.807) is 12.1 Å². The van der Waals surface area contributed by atoms with Crippen LogP contribution in [0.3, 0.4) is 0 Å². The van der Waals surface area contributed by atoms with Crippen molar-refractivity contribution in [3.8, 4) is 0 Å². The Kier molecular flexibility index (Phi) is 6.67. The summed E-state index contributed by atoms with van der Waals surface area (Å²) in [7, 11) is 3.03. The van der Waals surface area contributed by atoms with Crippen molar-refractivity contribution < 1.29 is 9.68 Å². The van der Waals surface area contributed by atoms with Crippen LogP contribution in [0, 0.1) is 0 Å². The molecule has 1 aromatic carbocycles. The molecule has 0 atom stereocenters. The average molecular weight is 303 g/mol. The van der Waals surface area contributed by atoms with Crippen molar-refractivity contribution in [3.63, 3.8) is 0 Å². The van der Waals surface area contributed by atoms with Crippen molar-refractivity contribution in [1.29, 1.82) is 0 Å². The lowest BCUT2D eigenvalue weighted by Gasteiger charge is -2.07. The molecule has 0 heterocycles. The van der Waals surface area contributed by atoms with E-state index in [0.29, 0.717) is 16.5 Å². The fourth-order valence-corrected chi connectivity index (χ4v) is 1.83. The Morgan fingerprint density at radius 2 is 1.74 bits per heavy atom. The van der Waals surface area contributed by atoms with Crippen LogP contribution < -0.4 is 0 Å². The van der Waals surface area contributed by atoms with Crippen LogP contribution in [0.25, 0.3) is 0 Å². The normalized spacial score (nSPS) is 12.5. The first-order valence-corrected chi connectivity index (χ1v) is 6.46. The van der Waals surface area contributed by atoms with Gasteiger partial charge in [-0.2, -0.15) is 0 Å². The van der Waals surface area contributed by atoms with E-state index in [2.05, 4.69) is 10.3 Å². The molecule has 0 aliphatic heterocycles. The van der Waals surface area contributed by atoms with Crippen LogP contribution >= 0.6 is 23.2 Å². The van der Waals surface area contributed by atoms with Crippen LogP contribution in [0.4, 0.5) is 0 Å². The van der Waals surface area contributed by atoms with Crippen molar-refractivity contribution in [2.75, 3.05) is 14.2 Å². The molecule has 0 fully saturated rings. The summed E-state index contributed by atoms with van der Waals surface area (Å²) in [6, 6.07) is 5.36. The first-order chi connectivity index (χ1) is 9.08. The molecule has 104 valence electrons. The van der Waals surface area contributed by atoms with Crippen LogP contribution in [0.1, 0.15) is 25.3 Å². The van der Waals surface area contributed by atoms with Gasteiger partial charge in [-0.15, -0.1) is 0 Å². The second-order valence-electron chi connectivity index (χ2n) is 3.86. The summed E-state index contributed by atoms with van der Waals surface area (Å²) >= 11 is 11.9. The lowest BCUT2D eigenvalue weighted by atomic mass is 10.0. The maximum absolute atomic E-state index is 6.00. The Hall–Kier alpha value is -1.26. The minimum atomic E-state index is 0.491. The number of halogens is 2. The zero-order chi connectivity index (χ0) is 14.3. The lowest BCUT2D eigenvalue weighted by molar-refractivity contribution is 0.211. The summed E-state index contributed by atoms with van der Waals surface area (Å²) in [5, 5.41) is 8.88. The van der Waals surface area contributed by atoms with E-state index in [-0.39, 0.29) is 0 Å². The highest BCUT2D eigenvalue weighted by atomic mass is 35.5. The van der Waals surface area contributed by atoms with Crippen LogP contribution in [-0.2, 0) is 9.68 Å². The molecule has 1 rings (SSSR count). The SMILES string of the molecule is CON=C(C)CCC(=NOC)c1ccc(Cl)c(Cl)c1. The molecule has 0 N–H and O–H groups in total. The predicted octanol–water partition coefficient (Wildman–Crippen LogP) is 4.15. The molecule has 1 aromatic rings. The van der Waals surface area contributed by atoms with Crippen LogP contribution in [0.15, 0.2) is 28.5 Å². The van der Waals surface area contributed by atoms with Crippen molar-refractivity contribution in [2.24, 2.45) is 10.3 Å². The van der Waals surface area contributed by atoms with E-state index in [4.69, 9.17) is 32.9 Å². The van der Waals surface area contributed by atoms with Crippen LogP contribution in [0.5, 0.6) is 0 Å². The zero-order valence-electron chi connectivity index (χ0n) is 11.1. The number of hydrogen-bond donors (Lipinski definition) is 0. The van der Waals surface area contributed by atoms with Gasteiger partial charge in [0.25, 0.3) is 0 Å². The fraction of sp³-hybridized carbons (Fsp3) is 0.385. The van der Waals surface area contributed by atoms with Gasteiger partial charge in [-0.25, -0.2) is 0 Å². The monoisotopic (exact) mass is 302 g/mol. The minimum absolute atomic E-state index is 0.491. The third kappa shape index (κ3) is 5.09. The molecule has 4 nitrogen and oxygen atoms in total. The fourth-order valence-electron chi connectivity index (χ4n) is 1.53. The first kappa shape index (κ1) is 15.8. The third-order valence-electron chi connectivity index (χ3n) is 2.43. The highest BCUT2D eigenvalue weighted by Gasteiger charge is 2.08. The van der Waals surface area contributed by atoms with Crippen LogP contribution in [0.2, 0.25) is 10.0 Å². The molecule has 0 unspecified atom stereocenters. The van der Waals surface area contributed by atoms with E-state index in [9.17, 15) is 0 Å². The molecule has 0 spiro atoms. The molecule has 0 aromatic heterocycles. The predicted molar refractivity (Wildman–Crippen MR) is 79.4 cm³/mol. The number of oxime groups is 2. The zero-order valence-corrected chi connectivity index (χ0v) is 12.6. The van der Waals surface area contributed by atoms with Gasteiger partial charge in [0, 0.05) is 5.56 Å². The third-order valence-corrected chi connectivity index (χ3v) is 3.16. The van der Waals surface area contributed by atoms with E-state index in [0.717, 1.165) is 23.4 Å². The number of rotatable bonds is 6. The summed E-state index contributed by atoms with van der Waals surface area (Å²) in [4.78, 5) is 9.58. The Morgan fingerprint density at radius 1 is 1.05 bits per heavy atom. The molecular weight excluding hydrogens is 287 g/mol. The lowest BCUT2D eigenvalue weighted by Crippen LogP contribution is -2.05. The van der Waals surface area contributed by atoms with E-state index in [1.807, 2.05) is 13.0 Å². The molecule has 6 heteroatoms. The second-order valence-corrected chi connectivity index (χ2v) is 4.67. The van der Waals surface area contributed by atoms with Crippen molar-refractivity contribution in [2.45, 2.75) is 19.8 Å². The van der Waals surface area contributed by atoms with Gasteiger partial charge in [-0.05, 0) is 31.9 Å². The Labute approximate surface area is 123 Å². The van der Waals surface area contributed by atoms with Crippen molar-refractivity contribution in [1.82, 2.24) is 0 Å². The molecule has 0 bridgehead atoms. The smallest absolute Gasteiger partial charge is 0.106 e. The molecular formula is C13H16Cl2N2O2. The molecule has 0 aliphatic rings. The van der Waals surface area contributed by atoms with Crippen LogP contribution in [-0.4, -0.2) is 25.6 Å². The van der Waals surface area contributed by atoms with E-state index >= 15 is 0 Å². The molecule has 19 heavy (non-hydrogen) atoms. The summed E-state index contributed by atoms with van der Waals surface area (Å²) in [5.41, 5.74) is 2.54. The van der Waals surface area contributed by atoms with Gasteiger partial charge in [0.05, 0.1) is 21.5 Å². The van der Waals surface area contributed by atoms with Crippen molar-refractivity contribution >= 4 is 34.6 Å². The largest absolute Gasteiger partial charge is 0.399 e. The summed E-state index contributed by atoms with van der Waals surface area (Å²) in [5.74, 6) is 0. The topological polar surface area (TPSA) is 43.2 Å². The first-order valence-electron chi connectivity index (χ1n) is 5.70. The Balaban J connectivity index is 2.86. The molecule has 0 amide bonds. The number of hydrogen-bond acceptors (Lipinski definition) is 4. The van der Waals surface area contributed by atoms with E-state index in [1.165, 1.54) is 14.2 Å². The highest BCUT2D eigenvalue weighted by molar-refractivity contribution is 6.42. The molecule has 0 saturated heterocycles.